The van der Waals surface area contributed by atoms with Gasteiger partial charge in [-0.05, 0) is 54.8 Å². The summed E-state index contributed by atoms with van der Waals surface area (Å²) in [6, 6.07) is 8.30. The molecule has 4 aliphatic rings. The van der Waals surface area contributed by atoms with Gasteiger partial charge >= 0.3 is 0 Å². The molecular formula is C25H32ClN5O2. The van der Waals surface area contributed by atoms with E-state index >= 15 is 0 Å². The molecule has 0 radical (unpaired) electrons. The molecule has 0 amide bonds. The van der Waals surface area contributed by atoms with Crippen molar-refractivity contribution in [3.05, 3.63) is 52.4 Å². The van der Waals surface area contributed by atoms with Gasteiger partial charge in [-0.3, -0.25) is 4.90 Å². The Morgan fingerprint density at radius 2 is 1.85 bits per heavy atom. The van der Waals surface area contributed by atoms with E-state index in [-0.39, 0.29) is 11.8 Å². The summed E-state index contributed by atoms with van der Waals surface area (Å²) in [6.07, 6.45) is 2.50. The first-order valence-electron chi connectivity index (χ1n) is 12.2. The summed E-state index contributed by atoms with van der Waals surface area (Å²) in [6.45, 7) is 6.31. The fourth-order valence-corrected chi connectivity index (χ4v) is 6.53. The number of aliphatic hydroxyl groups excluding tert-OH is 2. The summed E-state index contributed by atoms with van der Waals surface area (Å²) < 4.78 is 0. The summed E-state index contributed by atoms with van der Waals surface area (Å²) in [5.74, 6) is 2.66. The monoisotopic (exact) mass is 469 g/mol. The van der Waals surface area contributed by atoms with Gasteiger partial charge in [-0.25, -0.2) is 9.97 Å². The minimum atomic E-state index is -0.554. The molecule has 7 atom stereocenters. The first-order chi connectivity index (χ1) is 16.0. The smallest absolute Gasteiger partial charge is 0.135 e. The maximum atomic E-state index is 11.6. The molecule has 3 fully saturated rings. The maximum Gasteiger partial charge on any atom is 0.135 e. The third-order valence-corrected chi connectivity index (χ3v) is 8.54. The lowest BCUT2D eigenvalue weighted by Gasteiger charge is -2.42. The molecular weight excluding hydrogens is 438 g/mol. The van der Waals surface area contributed by atoms with E-state index in [9.17, 15) is 10.2 Å². The van der Waals surface area contributed by atoms with Crippen LogP contribution in [-0.4, -0.2) is 70.1 Å². The molecule has 6 rings (SSSR count). The normalized spacial score (nSPS) is 33.0. The van der Waals surface area contributed by atoms with Gasteiger partial charge < -0.3 is 20.4 Å². The van der Waals surface area contributed by atoms with Gasteiger partial charge in [0.2, 0.25) is 0 Å². The van der Waals surface area contributed by atoms with Crippen LogP contribution in [0.5, 0.6) is 0 Å². The molecule has 33 heavy (non-hydrogen) atoms. The molecule has 2 aliphatic carbocycles. The van der Waals surface area contributed by atoms with Crippen LogP contribution in [0.3, 0.4) is 0 Å². The van der Waals surface area contributed by atoms with Gasteiger partial charge in [0.25, 0.3) is 0 Å². The minimum absolute atomic E-state index is 0.0183. The number of piperidine rings is 1. The van der Waals surface area contributed by atoms with E-state index in [0.29, 0.717) is 18.4 Å². The highest BCUT2D eigenvalue weighted by Gasteiger charge is 2.53. The van der Waals surface area contributed by atoms with Crippen LogP contribution in [0.15, 0.2) is 30.6 Å². The Morgan fingerprint density at radius 3 is 2.52 bits per heavy atom. The van der Waals surface area contributed by atoms with Crippen LogP contribution in [0.25, 0.3) is 0 Å². The second-order valence-electron chi connectivity index (χ2n) is 10.3. The second kappa shape index (κ2) is 8.47. The van der Waals surface area contributed by atoms with Gasteiger partial charge in [0.1, 0.15) is 18.4 Å². The lowest BCUT2D eigenvalue weighted by atomic mass is 9.86. The number of hydrogen-bond donors (Lipinski definition) is 3. The van der Waals surface area contributed by atoms with Gasteiger partial charge in [-0.15, -0.1) is 0 Å². The number of hydrogen-bond acceptors (Lipinski definition) is 7. The average molecular weight is 470 g/mol. The third kappa shape index (κ3) is 3.84. The second-order valence-corrected chi connectivity index (χ2v) is 10.7. The van der Waals surface area contributed by atoms with Crippen molar-refractivity contribution >= 4 is 17.4 Å². The Morgan fingerprint density at radius 1 is 1.09 bits per heavy atom. The summed E-state index contributed by atoms with van der Waals surface area (Å²) in [5, 5.41) is 26.4. The van der Waals surface area contributed by atoms with Gasteiger partial charge in [-0.2, -0.15) is 0 Å². The molecule has 2 aromatic rings. The van der Waals surface area contributed by atoms with Crippen LogP contribution in [0.4, 0.5) is 5.82 Å². The fraction of sp³-hybridized carbons (Fsp3) is 0.600. The van der Waals surface area contributed by atoms with Crippen molar-refractivity contribution in [3.63, 3.8) is 0 Å². The molecule has 1 saturated carbocycles. The average Bonchev–Trinajstić information content (AvgIpc) is 3.41. The minimum Gasteiger partial charge on any atom is -0.387 e. The zero-order valence-corrected chi connectivity index (χ0v) is 19.7. The van der Waals surface area contributed by atoms with Crippen LogP contribution in [0.1, 0.15) is 54.5 Å². The number of benzene rings is 1. The summed E-state index contributed by atoms with van der Waals surface area (Å²) >= 11 is 6.15. The number of anilines is 1. The highest BCUT2D eigenvalue weighted by molar-refractivity contribution is 6.30. The zero-order chi connectivity index (χ0) is 22.7. The highest BCUT2D eigenvalue weighted by Crippen LogP contribution is 2.50. The van der Waals surface area contributed by atoms with Crippen molar-refractivity contribution in [1.82, 2.24) is 20.2 Å². The summed E-state index contributed by atoms with van der Waals surface area (Å²) in [4.78, 5) is 13.5. The molecule has 2 saturated heterocycles. The van der Waals surface area contributed by atoms with Crippen molar-refractivity contribution in [2.24, 2.45) is 11.8 Å². The van der Waals surface area contributed by atoms with Crippen molar-refractivity contribution < 1.29 is 10.2 Å². The quantitative estimate of drug-likeness (QED) is 0.620. The van der Waals surface area contributed by atoms with Crippen molar-refractivity contribution in [1.29, 1.82) is 0 Å². The number of aromatic nitrogens is 2. The van der Waals surface area contributed by atoms with Crippen LogP contribution >= 0.6 is 11.6 Å². The molecule has 0 spiro atoms. The number of fused-ring (bicyclic) bond motifs is 2. The number of piperazine rings is 1. The number of rotatable bonds is 5. The lowest BCUT2D eigenvalue weighted by Crippen LogP contribution is -2.55. The van der Waals surface area contributed by atoms with Crippen molar-refractivity contribution in [2.75, 3.05) is 37.6 Å². The van der Waals surface area contributed by atoms with E-state index in [1.165, 1.54) is 6.42 Å². The fourth-order valence-electron chi connectivity index (χ4n) is 6.41. The summed E-state index contributed by atoms with van der Waals surface area (Å²) in [7, 11) is 0. The number of halogens is 1. The molecule has 1 aromatic carbocycles. The number of aliphatic hydroxyl groups is 2. The Balaban J connectivity index is 1.20. The Labute approximate surface area is 199 Å². The van der Waals surface area contributed by atoms with E-state index in [0.717, 1.165) is 66.3 Å². The highest BCUT2D eigenvalue weighted by atomic mass is 35.5. The van der Waals surface area contributed by atoms with Gasteiger partial charge in [0, 0.05) is 48.7 Å². The summed E-state index contributed by atoms with van der Waals surface area (Å²) in [5.41, 5.74) is 3.02. The standard InChI is InChI=1S/C25H32ClN5O2/c1-14-10-19(32)23-20(14)24(29-13-28-23)30-6-8-31(9-7-30)25(33)21(15-2-4-17(26)5-3-15)22-18-11-16(18)12-27-22/h2-5,13-14,16,18-19,21-22,25,27,32-33H,6-12H2,1H3/t14-,16?,18?,19-,21+,22+,25?/m1/s1. The molecule has 3 heterocycles. The first kappa shape index (κ1) is 21.7. The van der Waals surface area contributed by atoms with Gasteiger partial charge in [0.15, 0.2) is 0 Å². The van der Waals surface area contributed by atoms with E-state index in [2.05, 4.69) is 44.1 Å². The zero-order valence-electron chi connectivity index (χ0n) is 18.9. The van der Waals surface area contributed by atoms with Gasteiger partial charge in [-0.1, -0.05) is 30.7 Å². The Bertz CT molecular complexity index is 1010. The maximum absolute atomic E-state index is 11.6. The topological polar surface area (TPSA) is 84.8 Å². The first-order valence-corrected chi connectivity index (χ1v) is 12.6. The SMILES string of the molecule is C[C@@H]1C[C@@H](O)c2ncnc(N3CCN(C(O)[C@@H](c4ccc(Cl)cc4)[C@H]4NCC5CC54)CC3)c21. The largest absolute Gasteiger partial charge is 0.387 e. The Hall–Kier alpha value is -1.77. The molecule has 0 bridgehead atoms. The van der Waals surface area contributed by atoms with E-state index in [1.807, 2.05) is 12.1 Å². The number of nitrogens with zero attached hydrogens (tertiary/aromatic N) is 4. The molecule has 3 unspecified atom stereocenters. The number of nitrogens with one attached hydrogen (secondary N) is 1. The van der Waals surface area contributed by atoms with Gasteiger partial charge in [0.05, 0.1) is 11.8 Å². The predicted octanol–water partition coefficient (Wildman–Crippen LogP) is 2.50. The molecule has 176 valence electrons. The molecule has 7 nitrogen and oxygen atoms in total. The van der Waals surface area contributed by atoms with Crippen LogP contribution < -0.4 is 10.2 Å². The molecule has 8 heteroatoms. The molecule has 3 N–H and O–H groups in total. The van der Waals surface area contributed by atoms with Crippen LogP contribution in [0, 0.1) is 11.8 Å². The van der Waals surface area contributed by atoms with Crippen LogP contribution in [0.2, 0.25) is 5.02 Å². The van der Waals surface area contributed by atoms with E-state index in [4.69, 9.17) is 11.6 Å². The van der Waals surface area contributed by atoms with Crippen LogP contribution in [-0.2, 0) is 0 Å². The lowest BCUT2D eigenvalue weighted by molar-refractivity contribution is -0.0290. The van der Waals surface area contributed by atoms with Crippen molar-refractivity contribution in [2.45, 2.75) is 50.0 Å². The predicted molar refractivity (Wildman–Crippen MR) is 127 cm³/mol. The molecule has 1 aromatic heterocycles. The van der Waals surface area contributed by atoms with E-state index < -0.39 is 12.3 Å². The van der Waals surface area contributed by atoms with Crippen molar-refractivity contribution in [3.8, 4) is 0 Å². The van der Waals surface area contributed by atoms with E-state index in [1.54, 1.807) is 6.33 Å². The Kier molecular flexibility index (Phi) is 5.58. The third-order valence-electron chi connectivity index (χ3n) is 8.28. The molecule has 2 aliphatic heterocycles.